The first kappa shape index (κ1) is 12.5. The van der Waals surface area contributed by atoms with Crippen molar-refractivity contribution in [2.45, 2.75) is 27.2 Å². The Labute approximate surface area is 99.1 Å². The summed E-state index contributed by atoms with van der Waals surface area (Å²) in [5.41, 5.74) is 3.98. The molecule has 1 rings (SSSR count). The van der Waals surface area contributed by atoms with Gasteiger partial charge in [0.15, 0.2) is 0 Å². The van der Waals surface area contributed by atoms with Gasteiger partial charge in [0, 0.05) is 0 Å². The largest absolute Gasteiger partial charge is 0.0623 e. The van der Waals surface area contributed by atoms with Crippen LogP contribution in [0.25, 0.3) is 0 Å². The van der Waals surface area contributed by atoms with Crippen LogP contribution in [0, 0.1) is 0 Å². The zero-order valence-electron chi connectivity index (χ0n) is 10.4. The fourth-order valence-electron chi connectivity index (χ4n) is 1.54. The maximum Gasteiger partial charge on any atom is -0.0305 e. The first-order valence-corrected chi connectivity index (χ1v) is 5.80. The molecule has 0 saturated heterocycles. The van der Waals surface area contributed by atoms with Gasteiger partial charge in [-0.15, -0.1) is 0 Å². The minimum Gasteiger partial charge on any atom is -0.0623 e. The standard InChI is InChI=1S/C16H20/c1-4-16-13-8-6-5-7-10-14(2)11-9-12-15(16)3/h5-13H,4H2,1-3H3. The minimum absolute atomic E-state index is 1.07. The van der Waals surface area contributed by atoms with Crippen molar-refractivity contribution < 1.29 is 0 Å². The Morgan fingerprint density at radius 1 is 0.812 bits per heavy atom. The van der Waals surface area contributed by atoms with Gasteiger partial charge in [0.2, 0.25) is 0 Å². The Balaban J connectivity index is 3.05. The van der Waals surface area contributed by atoms with Gasteiger partial charge in [-0.25, -0.2) is 0 Å². The van der Waals surface area contributed by atoms with E-state index < -0.39 is 0 Å². The summed E-state index contributed by atoms with van der Waals surface area (Å²) < 4.78 is 0. The first-order valence-electron chi connectivity index (χ1n) is 5.80. The molecular formula is C16H20. The second-order valence-corrected chi connectivity index (χ2v) is 3.93. The van der Waals surface area contributed by atoms with Crippen LogP contribution in [0.1, 0.15) is 27.2 Å². The Kier molecular flexibility index (Phi) is 5.35. The van der Waals surface area contributed by atoms with Crippen molar-refractivity contribution in [1.29, 1.82) is 0 Å². The summed E-state index contributed by atoms with van der Waals surface area (Å²) in [6.45, 7) is 6.46. The molecule has 0 aliphatic heterocycles. The average Bonchev–Trinajstić information content (AvgIpc) is 2.26. The smallest absolute Gasteiger partial charge is 0.0305 e. The zero-order valence-corrected chi connectivity index (χ0v) is 10.4. The number of hydrogen-bond acceptors (Lipinski definition) is 0. The Morgan fingerprint density at radius 2 is 1.50 bits per heavy atom. The molecule has 0 heterocycles. The van der Waals surface area contributed by atoms with E-state index in [1.54, 1.807) is 0 Å². The molecule has 0 saturated carbocycles. The van der Waals surface area contributed by atoms with Crippen LogP contribution in [0.4, 0.5) is 0 Å². The van der Waals surface area contributed by atoms with E-state index in [0.29, 0.717) is 0 Å². The maximum atomic E-state index is 2.19. The van der Waals surface area contributed by atoms with Gasteiger partial charge in [0.25, 0.3) is 0 Å². The average molecular weight is 212 g/mol. The molecular weight excluding hydrogens is 192 g/mol. The summed E-state index contributed by atoms with van der Waals surface area (Å²) in [7, 11) is 0. The predicted molar refractivity (Wildman–Crippen MR) is 73.3 cm³/mol. The molecule has 0 N–H and O–H groups in total. The van der Waals surface area contributed by atoms with Crippen molar-refractivity contribution in [2.75, 3.05) is 0 Å². The lowest BCUT2D eigenvalue weighted by Gasteiger charge is -2.01. The van der Waals surface area contributed by atoms with Crippen LogP contribution >= 0.6 is 0 Å². The highest BCUT2D eigenvalue weighted by molar-refractivity contribution is 5.36. The SMILES string of the molecule is CCC1=C(C)C=CC=C(C)C=CC=CC=C1. The fraction of sp³-hybridized carbons (Fsp3) is 0.250. The van der Waals surface area contributed by atoms with Gasteiger partial charge in [-0.1, -0.05) is 67.2 Å². The Morgan fingerprint density at radius 3 is 2.19 bits per heavy atom. The van der Waals surface area contributed by atoms with E-state index in [1.807, 2.05) is 0 Å². The van der Waals surface area contributed by atoms with Crippen molar-refractivity contribution in [1.82, 2.24) is 0 Å². The van der Waals surface area contributed by atoms with Gasteiger partial charge >= 0.3 is 0 Å². The highest BCUT2D eigenvalue weighted by atomic mass is 14.0. The monoisotopic (exact) mass is 212 g/mol. The minimum atomic E-state index is 1.07. The normalized spacial score (nSPS) is 17.1. The van der Waals surface area contributed by atoms with Gasteiger partial charge in [0.05, 0.1) is 0 Å². The molecule has 0 amide bonds. The van der Waals surface area contributed by atoms with E-state index in [4.69, 9.17) is 0 Å². The molecule has 0 aromatic heterocycles. The highest BCUT2D eigenvalue weighted by Crippen LogP contribution is 2.12. The van der Waals surface area contributed by atoms with Crippen LogP contribution in [0.5, 0.6) is 0 Å². The van der Waals surface area contributed by atoms with Gasteiger partial charge in [0.1, 0.15) is 0 Å². The molecule has 0 heteroatoms. The summed E-state index contributed by atoms with van der Waals surface area (Å²) in [6, 6.07) is 0. The summed E-state index contributed by atoms with van der Waals surface area (Å²) in [5.74, 6) is 0. The molecule has 0 nitrogen and oxygen atoms in total. The summed E-state index contributed by atoms with van der Waals surface area (Å²) in [4.78, 5) is 0. The van der Waals surface area contributed by atoms with Crippen molar-refractivity contribution in [3.8, 4) is 0 Å². The molecule has 16 heavy (non-hydrogen) atoms. The van der Waals surface area contributed by atoms with Crippen molar-refractivity contribution in [2.24, 2.45) is 0 Å². The lowest BCUT2D eigenvalue weighted by molar-refractivity contribution is 1.12. The second kappa shape index (κ2) is 6.84. The van der Waals surface area contributed by atoms with E-state index in [1.165, 1.54) is 16.7 Å². The Bertz CT molecular complexity index is 396. The lowest BCUT2D eigenvalue weighted by atomic mass is 10.1. The van der Waals surface area contributed by atoms with Crippen LogP contribution < -0.4 is 0 Å². The van der Waals surface area contributed by atoms with E-state index in [9.17, 15) is 0 Å². The third kappa shape index (κ3) is 4.31. The number of allylic oxidation sites excluding steroid dienone is 12. The molecule has 1 aliphatic rings. The van der Waals surface area contributed by atoms with E-state index >= 15 is 0 Å². The van der Waals surface area contributed by atoms with Crippen LogP contribution in [0.3, 0.4) is 0 Å². The van der Waals surface area contributed by atoms with Crippen molar-refractivity contribution in [3.05, 3.63) is 71.4 Å². The summed E-state index contributed by atoms with van der Waals surface area (Å²) in [6.07, 6.45) is 20.1. The molecule has 0 aromatic rings. The van der Waals surface area contributed by atoms with E-state index in [2.05, 4.69) is 75.5 Å². The molecule has 1 aliphatic carbocycles. The molecule has 0 bridgehead atoms. The molecule has 84 valence electrons. The second-order valence-electron chi connectivity index (χ2n) is 3.93. The molecule has 0 radical (unpaired) electrons. The third-order valence-corrected chi connectivity index (χ3v) is 2.58. The van der Waals surface area contributed by atoms with Crippen LogP contribution in [-0.4, -0.2) is 0 Å². The summed E-state index contributed by atoms with van der Waals surface area (Å²) in [5, 5.41) is 0. The molecule has 0 atom stereocenters. The van der Waals surface area contributed by atoms with Gasteiger partial charge in [-0.3, -0.25) is 0 Å². The van der Waals surface area contributed by atoms with E-state index in [-0.39, 0.29) is 0 Å². The van der Waals surface area contributed by atoms with Gasteiger partial charge in [-0.05, 0) is 31.4 Å². The first-order chi connectivity index (χ1) is 7.74. The molecule has 0 unspecified atom stereocenters. The molecule has 0 aromatic carbocycles. The third-order valence-electron chi connectivity index (χ3n) is 2.58. The van der Waals surface area contributed by atoms with Gasteiger partial charge < -0.3 is 0 Å². The topological polar surface area (TPSA) is 0 Å². The van der Waals surface area contributed by atoms with Crippen LogP contribution in [0.2, 0.25) is 0 Å². The highest BCUT2D eigenvalue weighted by Gasteiger charge is 1.92. The van der Waals surface area contributed by atoms with Crippen LogP contribution in [0.15, 0.2) is 71.4 Å². The fourth-order valence-corrected chi connectivity index (χ4v) is 1.54. The number of rotatable bonds is 1. The number of hydrogen-bond donors (Lipinski definition) is 0. The molecule has 0 fully saturated rings. The summed E-state index contributed by atoms with van der Waals surface area (Å²) >= 11 is 0. The zero-order chi connectivity index (χ0) is 11.8. The van der Waals surface area contributed by atoms with Crippen molar-refractivity contribution in [3.63, 3.8) is 0 Å². The predicted octanol–water partition coefficient (Wildman–Crippen LogP) is 4.90. The van der Waals surface area contributed by atoms with Gasteiger partial charge in [-0.2, -0.15) is 0 Å². The Hall–Kier alpha value is -1.56. The van der Waals surface area contributed by atoms with Crippen molar-refractivity contribution >= 4 is 0 Å². The molecule has 0 spiro atoms. The van der Waals surface area contributed by atoms with Crippen LogP contribution in [-0.2, 0) is 0 Å². The van der Waals surface area contributed by atoms with E-state index in [0.717, 1.165) is 6.42 Å². The maximum absolute atomic E-state index is 2.19. The quantitative estimate of drug-likeness (QED) is 0.580. The lowest BCUT2D eigenvalue weighted by Crippen LogP contribution is -1.80.